The fraction of sp³-hybridized carbons (Fsp3) is 0.333. The van der Waals surface area contributed by atoms with Crippen LogP contribution in [0, 0.1) is 13.8 Å². The lowest BCUT2D eigenvalue weighted by atomic mass is 10.2. The molecule has 0 atom stereocenters. The molecule has 2 heterocycles. The molecule has 2 aromatic heterocycles. The van der Waals surface area contributed by atoms with Gasteiger partial charge in [0.15, 0.2) is 10.3 Å². The first-order valence-corrected chi connectivity index (χ1v) is 12.9. The van der Waals surface area contributed by atoms with Gasteiger partial charge in [0.25, 0.3) is 0 Å². The number of nitrogens with one attached hydrogen (secondary N) is 4. The number of amides is 4. The van der Waals surface area contributed by atoms with E-state index >= 15 is 0 Å². The van der Waals surface area contributed by atoms with Crippen molar-refractivity contribution in [3.63, 3.8) is 0 Å². The molecule has 0 spiro atoms. The molecule has 0 aliphatic rings. The SMILES string of the molecule is Cc1cccc2sc(NC(=O)NCCCCCCNC(=O)Nc3nc4c(C)cccc4s3)nc12. The van der Waals surface area contributed by atoms with Crippen LogP contribution in [0.3, 0.4) is 0 Å². The summed E-state index contributed by atoms with van der Waals surface area (Å²) in [6.07, 6.45) is 3.70. The Labute approximate surface area is 206 Å². The van der Waals surface area contributed by atoms with Crippen LogP contribution in [0.15, 0.2) is 36.4 Å². The summed E-state index contributed by atoms with van der Waals surface area (Å²) in [7, 11) is 0. The van der Waals surface area contributed by atoms with Crippen molar-refractivity contribution in [2.24, 2.45) is 0 Å². The highest BCUT2D eigenvalue weighted by molar-refractivity contribution is 7.22. The Morgan fingerprint density at radius 2 is 1.15 bits per heavy atom. The third kappa shape index (κ3) is 6.21. The number of benzene rings is 2. The fourth-order valence-corrected chi connectivity index (χ4v) is 5.45. The van der Waals surface area contributed by atoms with Gasteiger partial charge in [0.1, 0.15) is 0 Å². The highest BCUT2D eigenvalue weighted by Gasteiger charge is 2.10. The predicted molar refractivity (Wildman–Crippen MR) is 141 cm³/mol. The number of aromatic nitrogens is 2. The van der Waals surface area contributed by atoms with Crippen LogP contribution in [0.1, 0.15) is 36.8 Å². The molecule has 0 radical (unpaired) electrons. The first-order chi connectivity index (χ1) is 16.5. The maximum atomic E-state index is 12.1. The molecule has 0 aliphatic heterocycles. The van der Waals surface area contributed by atoms with Gasteiger partial charge in [-0.3, -0.25) is 10.6 Å². The number of fused-ring (bicyclic) bond motifs is 2. The Balaban J connectivity index is 1.06. The molecule has 0 fully saturated rings. The summed E-state index contributed by atoms with van der Waals surface area (Å²) in [4.78, 5) is 33.2. The summed E-state index contributed by atoms with van der Waals surface area (Å²) in [5.74, 6) is 0. The van der Waals surface area contributed by atoms with E-state index in [1.54, 1.807) is 0 Å². The molecule has 10 heteroatoms. The lowest BCUT2D eigenvalue weighted by Crippen LogP contribution is -2.30. The molecule has 0 aliphatic carbocycles. The molecule has 2 aromatic carbocycles. The molecule has 4 rings (SSSR count). The van der Waals surface area contributed by atoms with E-state index in [1.807, 2.05) is 50.2 Å². The molecule has 4 amide bonds. The third-order valence-corrected chi connectivity index (χ3v) is 7.23. The number of thiazole rings is 2. The highest BCUT2D eigenvalue weighted by atomic mass is 32.1. The first-order valence-electron chi connectivity index (χ1n) is 11.3. The lowest BCUT2D eigenvalue weighted by molar-refractivity contribution is 0.250. The van der Waals surface area contributed by atoms with Gasteiger partial charge < -0.3 is 10.6 Å². The number of rotatable bonds is 9. The van der Waals surface area contributed by atoms with E-state index in [4.69, 9.17) is 0 Å². The molecular formula is C24H28N6O2S2. The monoisotopic (exact) mass is 496 g/mol. The van der Waals surface area contributed by atoms with Crippen molar-refractivity contribution < 1.29 is 9.59 Å². The van der Waals surface area contributed by atoms with Gasteiger partial charge in [-0.1, -0.05) is 59.8 Å². The molecule has 0 bridgehead atoms. The minimum absolute atomic E-state index is 0.236. The van der Waals surface area contributed by atoms with Crippen LogP contribution < -0.4 is 21.3 Å². The summed E-state index contributed by atoms with van der Waals surface area (Å²) in [6, 6.07) is 11.5. The minimum Gasteiger partial charge on any atom is -0.338 e. The topological polar surface area (TPSA) is 108 Å². The average molecular weight is 497 g/mol. The number of urea groups is 2. The average Bonchev–Trinajstić information content (AvgIpc) is 3.40. The third-order valence-electron chi connectivity index (χ3n) is 5.36. The number of unbranched alkanes of at least 4 members (excludes halogenated alkanes) is 3. The number of hydrogen-bond acceptors (Lipinski definition) is 6. The quantitative estimate of drug-likeness (QED) is 0.212. The van der Waals surface area contributed by atoms with Crippen LogP contribution >= 0.6 is 22.7 Å². The van der Waals surface area contributed by atoms with Crippen LogP contribution in [0.5, 0.6) is 0 Å². The molecule has 34 heavy (non-hydrogen) atoms. The second-order valence-electron chi connectivity index (χ2n) is 8.06. The number of para-hydroxylation sites is 2. The number of carbonyl (C=O) groups excluding carboxylic acids is 2. The number of anilines is 2. The Morgan fingerprint density at radius 3 is 1.56 bits per heavy atom. The Kier molecular flexibility index (Phi) is 7.91. The smallest absolute Gasteiger partial charge is 0.321 e. The van der Waals surface area contributed by atoms with Gasteiger partial charge in [-0.15, -0.1) is 0 Å². The standard InChI is InChI=1S/C24H28N6O2S2/c1-15-9-7-11-17-19(15)27-23(33-17)29-21(31)25-13-5-3-4-6-14-26-22(32)30-24-28-20-16(2)10-8-12-18(20)34-24/h7-12H,3-6,13-14H2,1-2H3,(H2,25,27,29,31)(H2,26,28,30,32). The highest BCUT2D eigenvalue weighted by Crippen LogP contribution is 2.28. The zero-order valence-corrected chi connectivity index (χ0v) is 20.9. The summed E-state index contributed by atoms with van der Waals surface area (Å²) in [6.45, 7) is 5.22. The van der Waals surface area contributed by atoms with E-state index in [2.05, 4.69) is 31.2 Å². The number of nitrogens with zero attached hydrogens (tertiary/aromatic N) is 2. The molecular weight excluding hydrogens is 468 g/mol. The Bertz CT molecular complexity index is 1200. The van der Waals surface area contributed by atoms with Gasteiger partial charge in [0.2, 0.25) is 0 Å². The normalized spacial score (nSPS) is 11.0. The van der Waals surface area contributed by atoms with Gasteiger partial charge in [-0.2, -0.15) is 0 Å². The van der Waals surface area contributed by atoms with Crippen molar-refractivity contribution in [1.29, 1.82) is 0 Å². The molecule has 4 N–H and O–H groups in total. The Hall–Kier alpha value is -3.24. The predicted octanol–water partition coefficient (Wildman–Crippen LogP) is 6.03. The van der Waals surface area contributed by atoms with Crippen molar-refractivity contribution in [2.75, 3.05) is 23.7 Å². The van der Waals surface area contributed by atoms with Crippen molar-refractivity contribution in [3.8, 4) is 0 Å². The van der Waals surface area contributed by atoms with Gasteiger partial charge >= 0.3 is 12.1 Å². The van der Waals surface area contributed by atoms with E-state index in [1.165, 1.54) is 22.7 Å². The molecule has 8 nitrogen and oxygen atoms in total. The summed E-state index contributed by atoms with van der Waals surface area (Å²) in [5, 5.41) is 12.6. The van der Waals surface area contributed by atoms with Crippen LogP contribution in [0.2, 0.25) is 0 Å². The van der Waals surface area contributed by atoms with Crippen molar-refractivity contribution in [3.05, 3.63) is 47.5 Å². The van der Waals surface area contributed by atoms with Gasteiger partial charge in [0, 0.05) is 13.1 Å². The van der Waals surface area contributed by atoms with Crippen LogP contribution in [-0.2, 0) is 0 Å². The van der Waals surface area contributed by atoms with Crippen LogP contribution in [0.25, 0.3) is 20.4 Å². The van der Waals surface area contributed by atoms with E-state index in [0.717, 1.165) is 57.2 Å². The van der Waals surface area contributed by atoms with Crippen molar-refractivity contribution in [2.45, 2.75) is 39.5 Å². The van der Waals surface area contributed by atoms with Crippen molar-refractivity contribution in [1.82, 2.24) is 20.6 Å². The lowest BCUT2D eigenvalue weighted by Gasteiger charge is -2.06. The minimum atomic E-state index is -0.236. The second-order valence-corrected chi connectivity index (χ2v) is 10.1. The van der Waals surface area contributed by atoms with E-state index in [-0.39, 0.29) is 12.1 Å². The summed E-state index contributed by atoms with van der Waals surface area (Å²) in [5.41, 5.74) is 4.06. The van der Waals surface area contributed by atoms with E-state index < -0.39 is 0 Å². The molecule has 4 aromatic rings. The Morgan fingerprint density at radius 1 is 0.706 bits per heavy atom. The summed E-state index contributed by atoms with van der Waals surface area (Å²) < 4.78 is 2.13. The van der Waals surface area contributed by atoms with Crippen LogP contribution in [-0.4, -0.2) is 35.1 Å². The van der Waals surface area contributed by atoms with Gasteiger partial charge in [-0.25, -0.2) is 19.6 Å². The molecule has 178 valence electrons. The van der Waals surface area contributed by atoms with Gasteiger partial charge in [-0.05, 0) is 49.9 Å². The largest absolute Gasteiger partial charge is 0.338 e. The zero-order valence-electron chi connectivity index (χ0n) is 19.2. The maximum absolute atomic E-state index is 12.1. The number of aryl methyl sites for hydroxylation is 2. The van der Waals surface area contributed by atoms with Crippen LogP contribution in [0.4, 0.5) is 19.9 Å². The molecule has 0 unspecified atom stereocenters. The van der Waals surface area contributed by atoms with Crippen molar-refractivity contribution >= 4 is 65.4 Å². The summed E-state index contributed by atoms with van der Waals surface area (Å²) >= 11 is 2.94. The van der Waals surface area contributed by atoms with Gasteiger partial charge in [0.05, 0.1) is 20.4 Å². The maximum Gasteiger partial charge on any atom is 0.321 e. The fourth-order valence-electron chi connectivity index (χ4n) is 3.57. The van der Waals surface area contributed by atoms with E-state index in [9.17, 15) is 9.59 Å². The first kappa shape index (κ1) is 23.9. The zero-order chi connectivity index (χ0) is 23.9. The van der Waals surface area contributed by atoms with E-state index in [0.29, 0.717) is 23.4 Å². The number of hydrogen-bond donors (Lipinski definition) is 4. The molecule has 0 saturated heterocycles. The molecule has 0 saturated carbocycles. The number of carbonyl (C=O) groups is 2. The second kappa shape index (κ2) is 11.3.